The molecule has 1 N–H and O–H groups in total. The van der Waals surface area contributed by atoms with E-state index in [-0.39, 0.29) is 23.4 Å². The first-order valence-electron chi connectivity index (χ1n) is 11.0. The molecule has 0 amide bonds. The summed E-state index contributed by atoms with van der Waals surface area (Å²) in [6, 6.07) is 5.94. The third-order valence-electron chi connectivity index (χ3n) is 5.53. The fourth-order valence-corrected chi connectivity index (χ4v) is 3.92. The smallest absolute Gasteiger partial charge is 0.336 e. The molecule has 8 heteroatoms. The Balaban J connectivity index is 2.31. The Morgan fingerprint density at radius 1 is 1.03 bits per heavy atom. The molecule has 1 atom stereocenters. The molecule has 1 aliphatic heterocycles. The minimum absolute atomic E-state index is 0.125. The average Bonchev–Trinajstić information content (AvgIpc) is 2.77. The highest BCUT2D eigenvalue weighted by atomic mass is 16.6. The summed E-state index contributed by atoms with van der Waals surface area (Å²) in [5.41, 5.74) is 1.87. The number of unbranched alkanes of at least 4 members (excludes halogenated alkanes) is 5. The molecule has 1 aliphatic rings. The van der Waals surface area contributed by atoms with Gasteiger partial charge in [-0.15, -0.1) is 0 Å². The number of methoxy groups -OCH3 is 1. The zero-order valence-electron chi connectivity index (χ0n) is 19.2. The Labute approximate surface area is 188 Å². The largest absolute Gasteiger partial charge is 0.466 e. The Morgan fingerprint density at radius 3 is 2.28 bits per heavy atom. The van der Waals surface area contributed by atoms with E-state index in [1.165, 1.54) is 44.6 Å². The second-order valence-electron chi connectivity index (χ2n) is 7.88. The Kier molecular flexibility index (Phi) is 9.43. The molecule has 0 aliphatic carbocycles. The summed E-state index contributed by atoms with van der Waals surface area (Å²) in [6.07, 6.45) is 6.37. The molecule has 2 rings (SSSR count). The number of carbonyl (C=O) groups excluding carboxylic acids is 2. The number of benzene rings is 1. The monoisotopic (exact) mass is 444 g/mol. The van der Waals surface area contributed by atoms with Gasteiger partial charge in [-0.2, -0.15) is 0 Å². The van der Waals surface area contributed by atoms with E-state index in [0.29, 0.717) is 17.0 Å². The van der Waals surface area contributed by atoms with Gasteiger partial charge in [-0.25, -0.2) is 9.59 Å². The SMILES string of the molecule is CCCCCCCCOC(=O)C1=C(C)NC(C)=C(C(=O)OC)C1c1cccc([N+](=O)[O-])c1. The fraction of sp³-hybridized carbons (Fsp3) is 0.500. The topological polar surface area (TPSA) is 108 Å². The van der Waals surface area contributed by atoms with Crippen LogP contribution in [0.25, 0.3) is 0 Å². The number of esters is 2. The van der Waals surface area contributed by atoms with Gasteiger partial charge >= 0.3 is 11.9 Å². The minimum atomic E-state index is -0.833. The number of nitro groups is 1. The lowest BCUT2D eigenvalue weighted by molar-refractivity contribution is -0.384. The van der Waals surface area contributed by atoms with Crippen molar-refractivity contribution in [2.45, 2.75) is 65.2 Å². The predicted molar refractivity (Wildman–Crippen MR) is 121 cm³/mol. The summed E-state index contributed by atoms with van der Waals surface area (Å²) < 4.78 is 10.5. The second kappa shape index (κ2) is 12.0. The first kappa shape index (κ1) is 25.1. The zero-order chi connectivity index (χ0) is 23.7. The lowest BCUT2D eigenvalue weighted by Gasteiger charge is -2.30. The van der Waals surface area contributed by atoms with Crippen molar-refractivity contribution in [2.75, 3.05) is 13.7 Å². The van der Waals surface area contributed by atoms with Crippen LogP contribution >= 0.6 is 0 Å². The van der Waals surface area contributed by atoms with E-state index >= 15 is 0 Å². The first-order chi connectivity index (χ1) is 15.3. The standard InChI is InChI=1S/C24H32N2O6/c1-5-6-7-8-9-10-14-32-24(28)21-17(3)25-16(2)20(23(27)31-4)22(21)18-12-11-13-19(15-18)26(29)30/h11-13,15,22,25H,5-10,14H2,1-4H3. The summed E-state index contributed by atoms with van der Waals surface area (Å²) >= 11 is 0. The van der Waals surface area contributed by atoms with Crippen LogP contribution in [0.5, 0.6) is 0 Å². The van der Waals surface area contributed by atoms with Gasteiger partial charge in [0, 0.05) is 23.5 Å². The molecule has 174 valence electrons. The van der Waals surface area contributed by atoms with Crippen LogP contribution in [0.15, 0.2) is 46.8 Å². The van der Waals surface area contributed by atoms with Crippen LogP contribution in [0.2, 0.25) is 0 Å². The van der Waals surface area contributed by atoms with Crippen LogP contribution in [0.4, 0.5) is 5.69 Å². The number of non-ortho nitro benzene ring substituents is 1. The number of ether oxygens (including phenoxy) is 2. The van der Waals surface area contributed by atoms with Crippen molar-refractivity contribution in [2.24, 2.45) is 0 Å². The number of nitro benzene ring substituents is 1. The van der Waals surface area contributed by atoms with Gasteiger partial charge in [-0.1, -0.05) is 51.2 Å². The van der Waals surface area contributed by atoms with Crippen LogP contribution in [0, 0.1) is 10.1 Å². The van der Waals surface area contributed by atoms with Crippen molar-refractivity contribution < 1.29 is 24.0 Å². The van der Waals surface area contributed by atoms with E-state index in [0.717, 1.165) is 19.3 Å². The van der Waals surface area contributed by atoms with Crippen molar-refractivity contribution in [1.82, 2.24) is 5.32 Å². The molecule has 0 spiro atoms. The van der Waals surface area contributed by atoms with Crippen LogP contribution < -0.4 is 5.32 Å². The lowest BCUT2D eigenvalue weighted by Crippen LogP contribution is -2.32. The number of hydrogen-bond donors (Lipinski definition) is 1. The fourth-order valence-electron chi connectivity index (χ4n) is 3.92. The molecule has 0 saturated carbocycles. The highest BCUT2D eigenvalue weighted by Crippen LogP contribution is 2.40. The predicted octanol–water partition coefficient (Wildman–Crippen LogP) is 4.91. The van der Waals surface area contributed by atoms with Crippen LogP contribution in [-0.2, 0) is 19.1 Å². The number of nitrogens with zero attached hydrogens (tertiary/aromatic N) is 1. The molecule has 1 heterocycles. The molecule has 8 nitrogen and oxygen atoms in total. The molecule has 32 heavy (non-hydrogen) atoms. The molecule has 0 aromatic heterocycles. The third-order valence-corrected chi connectivity index (χ3v) is 5.53. The molecular formula is C24H32N2O6. The average molecular weight is 445 g/mol. The van der Waals surface area contributed by atoms with Crippen molar-refractivity contribution in [3.05, 3.63) is 62.5 Å². The van der Waals surface area contributed by atoms with Crippen molar-refractivity contribution in [3.63, 3.8) is 0 Å². The van der Waals surface area contributed by atoms with Crippen molar-refractivity contribution in [1.29, 1.82) is 0 Å². The lowest BCUT2D eigenvalue weighted by atomic mass is 9.80. The first-order valence-corrected chi connectivity index (χ1v) is 11.0. The van der Waals surface area contributed by atoms with Gasteiger partial charge in [0.15, 0.2) is 0 Å². The Bertz CT molecular complexity index is 919. The normalized spacial score (nSPS) is 15.9. The van der Waals surface area contributed by atoms with Crippen molar-refractivity contribution >= 4 is 17.6 Å². The maximum atomic E-state index is 13.1. The molecular weight excluding hydrogens is 412 g/mol. The van der Waals surface area contributed by atoms with Gasteiger partial charge in [-0.05, 0) is 25.8 Å². The molecule has 0 fully saturated rings. The maximum absolute atomic E-state index is 13.1. The van der Waals surface area contributed by atoms with E-state index in [9.17, 15) is 19.7 Å². The van der Waals surface area contributed by atoms with E-state index in [1.807, 2.05) is 0 Å². The van der Waals surface area contributed by atoms with Gasteiger partial charge in [-0.3, -0.25) is 10.1 Å². The maximum Gasteiger partial charge on any atom is 0.336 e. The van der Waals surface area contributed by atoms with Gasteiger partial charge in [0.25, 0.3) is 5.69 Å². The second-order valence-corrected chi connectivity index (χ2v) is 7.88. The van der Waals surface area contributed by atoms with Gasteiger partial charge < -0.3 is 14.8 Å². The number of nitrogens with one attached hydrogen (secondary N) is 1. The molecule has 0 saturated heterocycles. The third kappa shape index (κ3) is 6.18. The van der Waals surface area contributed by atoms with E-state index in [4.69, 9.17) is 9.47 Å². The molecule has 1 aromatic rings. The number of hydrogen-bond acceptors (Lipinski definition) is 7. The number of dihydropyridines is 1. The number of allylic oxidation sites excluding steroid dienone is 2. The molecule has 1 aromatic carbocycles. The minimum Gasteiger partial charge on any atom is -0.466 e. The van der Waals surface area contributed by atoms with Crippen molar-refractivity contribution in [3.8, 4) is 0 Å². The van der Waals surface area contributed by atoms with Gasteiger partial charge in [0.1, 0.15) is 0 Å². The van der Waals surface area contributed by atoms with Crippen LogP contribution in [0.1, 0.15) is 70.8 Å². The van der Waals surface area contributed by atoms with Gasteiger partial charge in [0.2, 0.25) is 0 Å². The van der Waals surface area contributed by atoms with Gasteiger partial charge in [0.05, 0.1) is 35.7 Å². The Morgan fingerprint density at radius 2 is 1.66 bits per heavy atom. The summed E-state index contributed by atoms with van der Waals surface area (Å²) in [5.74, 6) is -1.99. The zero-order valence-corrected chi connectivity index (χ0v) is 19.2. The summed E-state index contributed by atoms with van der Waals surface area (Å²) in [5, 5.41) is 14.4. The van der Waals surface area contributed by atoms with Crippen LogP contribution in [0.3, 0.4) is 0 Å². The quantitative estimate of drug-likeness (QED) is 0.224. The van der Waals surface area contributed by atoms with E-state index in [2.05, 4.69) is 12.2 Å². The highest BCUT2D eigenvalue weighted by Gasteiger charge is 2.38. The summed E-state index contributed by atoms with van der Waals surface area (Å²) in [7, 11) is 1.26. The highest BCUT2D eigenvalue weighted by molar-refractivity contribution is 5.99. The molecule has 0 radical (unpaired) electrons. The Hall–Kier alpha value is -3.16. The van der Waals surface area contributed by atoms with E-state index < -0.39 is 22.8 Å². The number of rotatable bonds is 11. The summed E-state index contributed by atoms with van der Waals surface area (Å²) in [4.78, 5) is 36.5. The van der Waals surface area contributed by atoms with E-state index in [1.54, 1.807) is 19.9 Å². The molecule has 1 unspecified atom stereocenters. The molecule has 0 bridgehead atoms. The summed E-state index contributed by atoms with van der Waals surface area (Å²) in [6.45, 7) is 5.87. The van der Waals surface area contributed by atoms with Crippen LogP contribution in [-0.4, -0.2) is 30.6 Å². The number of carbonyl (C=O) groups is 2.